The summed E-state index contributed by atoms with van der Waals surface area (Å²) in [5.74, 6) is -0.765. The number of carbonyl (C=O) groups is 1. The molecule has 2 atom stereocenters. The fraction of sp³-hybridized carbons (Fsp3) is 0.364. The molecule has 7 heteroatoms. The number of hydrogen-bond acceptors (Lipinski definition) is 5. The third-order valence-electron chi connectivity index (χ3n) is 5.26. The van der Waals surface area contributed by atoms with Gasteiger partial charge in [-0.25, -0.2) is 4.79 Å². The molecule has 1 amide bonds. The Morgan fingerprint density at radius 2 is 1.93 bits per heavy atom. The number of amides is 1. The summed E-state index contributed by atoms with van der Waals surface area (Å²) in [6, 6.07) is 16.7. The maximum atomic E-state index is 12.7. The van der Waals surface area contributed by atoms with E-state index in [-0.39, 0.29) is 12.0 Å². The minimum atomic E-state index is -0.671. The monoisotopic (exact) mass is 395 g/mol. The van der Waals surface area contributed by atoms with Crippen LogP contribution in [0.4, 0.5) is 0 Å². The van der Waals surface area contributed by atoms with Crippen LogP contribution in [0.25, 0.3) is 11.1 Å². The van der Waals surface area contributed by atoms with Gasteiger partial charge < -0.3 is 14.5 Å². The van der Waals surface area contributed by atoms with E-state index in [9.17, 15) is 9.59 Å². The average Bonchev–Trinajstić information content (AvgIpc) is 3.08. The Bertz CT molecular complexity index is 1030. The largest absolute Gasteiger partial charge is 0.420 e. The normalized spacial score (nSPS) is 18.6. The first-order valence-electron chi connectivity index (χ1n) is 9.87. The van der Waals surface area contributed by atoms with E-state index in [1.54, 1.807) is 25.1 Å². The van der Waals surface area contributed by atoms with E-state index in [2.05, 4.69) is 22.3 Å². The van der Waals surface area contributed by atoms with Crippen LogP contribution in [-0.2, 0) is 16.1 Å². The Kier molecular flexibility index (Phi) is 5.78. The van der Waals surface area contributed by atoms with Gasteiger partial charge in [0.2, 0.25) is 5.91 Å². The lowest BCUT2D eigenvalue weighted by molar-refractivity contribution is -0.125. The molecule has 152 valence electrons. The van der Waals surface area contributed by atoms with Crippen molar-refractivity contribution in [1.29, 1.82) is 0 Å². The summed E-state index contributed by atoms with van der Waals surface area (Å²) in [4.78, 5) is 27.2. The van der Waals surface area contributed by atoms with E-state index in [0.29, 0.717) is 24.3 Å². The molecule has 7 nitrogen and oxygen atoms in total. The number of nitrogens with one attached hydrogen (secondary N) is 1. The molecule has 1 aromatic heterocycles. The fourth-order valence-corrected chi connectivity index (χ4v) is 3.72. The van der Waals surface area contributed by atoms with Crippen molar-refractivity contribution in [2.45, 2.75) is 25.6 Å². The molecule has 4 rings (SSSR count). The van der Waals surface area contributed by atoms with Gasteiger partial charge in [-0.15, -0.1) is 0 Å². The molecule has 0 unspecified atom stereocenters. The van der Waals surface area contributed by atoms with E-state index in [1.165, 1.54) is 10.1 Å². The van der Waals surface area contributed by atoms with E-state index in [0.717, 1.165) is 19.6 Å². The molecule has 0 spiro atoms. The summed E-state index contributed by atoms with van der Waals surface area (Å²) < 4.78 is 12.4. The lowest BCUT2D eigenvalue weighted by Crippen LogP contribution is -2.48. The van der Waals surface area contributed by atoms with E-state index >= 15 is 0 Å². The first kappa shape index (κ1) is 19.4. The summed E-state index contributed by atoms with van der Waals surface area (Å²) in [5.41, 5.74) is 2.35. The fourth-order valence-electron chi connectivity index (χ4n) is 3.72. The molecular weight excluding hydrogens is 370 g/mol. The van der Waals surface area contributed by atoms with Gasteiger partial charge in [0.25, 0.3) is 0 Å². The molecule has 2 aromatic carbocycles. The second kappa shape index (κ2) is 8.63. The van der Waals surface area contributed by atoms with Crippen molar-refractivity contribution in [2.75, 3.05) is 26.2 Å². The van der Waals surface area contributed by atoms with Gasteiger partial charge >= 0.3 is 5.76 Å². The van der Waals surface area contributed by atoms with Crippen molar-refractivity contribution < 1.29 is 13.9 Å². The SMILES string of the molecule is C[C@@H](C(=O)NC[C@@H]1CN(Cc2ccccc2)CCO1)n1c(=O)oc2ccccc21. The van der Waals surface area contributed by atoms with Gasteiger partial charge in [0.05, 0.1) is 18.2 Å². The number of benzene rings is 2. The van der Waals surface area contributed by atoms with Gasteiger partial charge in [0.1, 0.15) is 6.04 Å². The molecule has 29 heavy (non-hydrogen) atoms. The molecule has 0 aliphatic carbocycles. The van der Waals surface area contributed by atoms with Gasteiger partial charge in [-0.1, -0.05) is 42.5 Å². The van der Waals surface area contributed by atoms with Crippen molar-refractivity contribution in [3.05, 3.63) is 70.7 Å². The molecule has 1 N–H and O–H groups in total. The van der Waals surface area contributed by atoms with Crippen LogP contribution in [0, 0.1) is 0 Å². The summed E-state index contributed by atoms with van der Waals surface area (Å²) in [6.07, 6.45) is -0.0820. The Hall–Kier alpha value is -2.90. The molecule has 1 aliphatic rings. The maximum absolute atomic E-state index is 12.7. The van der Waals surface area contributed by atoms with Gasteiger partial charge in [-0.2, -0.15) is 0 Å². The van der Waals surface area contributed by atoms with Crippen LogP contribution in [0.15, 0.2) is 63.8 Å². The Labute approximate surface area is 168 Å². The topological polar surface area (TPSA) is 76.7 Å². The molecule has 0 bridgehead atoms. The molecular formula is C22H25N3O4. The second-order valence-electron chi connectivity index (χ2n) is 7.34. The summed E-state index contributed by atoms with van der Waals surface area (Å²) >= 11 is 0. The predicted octanol–water partition coefficient (Wildman–Crippen LogP) is 2.17. The zero-order chi connectivity index (χ0) is 20.2. The van der Waals surface area contributed by atoms with Crippen LogP contribution in [0.1, 0.15) is 18.5 Å². The zero-order valence-corrected chi connectivity index (χ0v) is 16.4. The Morgan fingerprint density at radius 3 is 2.76 bits per heavy atom. The van der Waals surface area contributed by atoms with Gasteiger partial charge in [-0.3, -0.25) is 14.3 Å². The third-order valence-corrected chi connectivity index (χ3v) is 5.26. The van der Waals surface area contributed by atoms with Crippen LogP contribution < -0.4 is 11.1 Å². The Morgan fingerprint density at radius 1 is 1.17 bits per heavy atom. The smallest absolute Gasteiger partial charge is 0.408 e. The van der Waals surface area contributed by atoms with Crippen molar-refractivity contribution in [2.24, 2.45) is 0 Å². The highest BCUT2D eigenvalue weighted by Gasteiger charge is 2.24. The van der Waals surface area contributed by atoms with Crippen LogP contribution in [0.5, 0.6) is 0 Å². The van der Waals surface area contributed by atoms with Crippen molar-refractivity contribution in [1.82, 2.24) is 14.8 Å². The molecule has 0 radical (unpaired) electrons. The third kappa shape index (κ3) is 4.41. The number of para-hydroxylation sites is 2. The average molecular weight is 395 g/mol. The van der Waals surface area contributed by atoms with E-state index in [1.807, 2.05) is 24.3 Å². The highest BCUT2D eigenvalue weighted by molar-refractivity contribution is 5.82. The predicted molar refractivity (Wildman–Crippen MR) is 110 cm³/mol. The van der Waals surface area contributed by atoms with Crippen LogP contribution >= 0.6 is 0 Å². The first-order chi connectivity index (χ1) is 14.1. The molecule has 3 aromatic rings. The van der Waals surface area contributed by atoms with Gasteiger partial charge in [0, 0.05) is 26.2 Å². The van der Waals surface area contributed by atoms with Crippen LogP contribution in [-0.4, -0.2) is 47.7 Å². The van der Waals surface area contributed by atoms with Crippen LogP contribution in [0.2, 0.25) is 0 Å². The standard InChI is InChI=1S/C22H25N3O4/c1-16(25-19-9-5-6-10-20(19)29-22(25)27)21(26)23-13-18-15-24(11-12-28-18)14-17-7-3-2-4-8-17/h2-10,16,18H,11-15H2,1H3,(H,23,26)/t16-,18+/m0/s1. The number of hydrogen-bond donors (Lipinski definition) is 1. The molecule has 1 aliphatic heterocycles. The zero-order valence-electron chi connectivity index (χ0n) is 16.4. The number of aromatic nitrogens is 1. The van der Waals surface area contributed by atoms with E-state index in [4.69, 9.17) is 9.15 Å². The van der Waals surface area contributed by atoms with Crippen molar-refractivity contribution in [3.63, 3.8) is 0 Å². The number of ether oxygens (including phenoxy) is 1. The quantitative estimate of drug-likeness (QED) is 0.692. The first-order valence-corrected chi connectivity index (χ1v) is 9.87. The number of nitrogens with zero attached hydrogens (tertiary/aromatic N) is 2. The highest BCUT2D eigenvalue weighted by atomic mass is 16.5. The number of oxazole rings is 1. The minimum Gasteiger partial charge on any atom is -0.408 e. The van der Waals surface area contributed by atoms with Crippen molar-refractivity contribution in [3.8, 4) is 0 Å². The van der Waals surface area contributed by atoms with Gasteiger partial charge in [0.15, 0.2) is 5.58 Å². The molecule has 2 heterocycles. The number of fused-ring (bicyclic) bond motifs is 1. The Balaban J connectivity index is 1.35. The minimum absolute atomic E-state index is 0.0820. The summed E-state index contributed by atoms with van der Waals surface area (Å²) in [6.45, 7) is 5.21. The summed E-state index contributed by atoms with van der Waals surface area (Å²) in [5, 5.41) is 2.92. The maximum Gasteiger partial charge on any atom is 0.420 e. The molecule has 0 saturated carbocycles. The highest BCUT2D eigenvalue weighted by Crippen LogP contribution is 2.17. The molecule has 1 saturated heterocycles. The lowest BCUT2D eigenvalue weighted by atomic mass is 10.2. The number of rotatable bonds is 6. The summed E-state index contributed by atoms with van der Waals surface area (Å²) in [7, 11) is 0. The lowest BCUT2D eigenvalue weighted by Gasteiger charge is -2.33. The van der Waals surface area contributed by atoms with Crippen LogP contribution in [0.3, 0.4) is 0 Å². The van der Waals surface area contributed by atoms with Crippen molar-refractivity contribution >= 4 is 17.0 Å². The number of morpholine rings is 1. The number of carbonyl (C=O) groups excluding carboxylic acids is 1. The van der Waals surface area contributed by atoms with E-state index < -0.39 is 11.8 Å². The molecule has 1 fully saturated rings. The second-order valence-corrected chi connectivity index (χ2v) is 7.34. The van der Waals surface area contributed by atoms with Gasteiger partial charge in [-0.05, 0) is 24.6 Å².